The smallest absolute Gasteiger partial charge is 0.102 e. The molecule has 13 heavy (non-hydrogen) atoms. The molecule has 0 unspecified atom stereocenters. The van der Waals surface area contributed by atoms with Gasteiger partial charge in [0.2, 0.25) is 0 Å². The van der Waals surface area contributed by atoms with E-state index in [1.165, 1.54) is 0 Å². The lowest BCUT2D eigenvalue weighted by molar-refractivity contribution is 1.51. The van der Waals surface area contributed by atoms with Gasteiger partial charge in [0.1, 0.15) is 6.07 Å². The molecule has 1 heterocycles. The minimum absolute atomic E-state index is 0.717. The first-order chi connectivity index (χ1) is 6.22. The van der Waals surface area contributed by atoms with Crippen molar-refractivity contribution >= 4 is 55.6 Å². The van der Waals surface area contributed by atoms with Crippen molar-refractivity contribution in [2.24, 2.45) is 0 Å². The van der Waals surface area contributed by atoms with E-state index in [2.05, 4.69) is 28.7 Å². The minimum Gasteiger partial charge on any atom is -0.192 e. The van der Waals surface area contributed by atoms with Crippen LogP contribution in [0, 0.1) is 14.2 Å². The Morgan fingerprint density at radius 2 is 2.23 bits per heavy atom. The van der Waals surface area contributed by atoms with Crippen LogP contribution < -0.4 is 0 Å². The summed E-state index contributed by atoms with van der Waals surface area (Å²) in [6.45, 7) is 0. The lowest BCUT2D eigenvalue weighted by atomic mass is 10.2. The average molecular weight is 320 g/mol. The molecular formula is C9H3ClINS. The monoisotopic (exact) mass is 319 g/mol. The lowest BCUT2D eigenvalue weighted by Gasteiger charge is -1.89. The molecule has 1 aromatic heterocycles. The Kier molecular flexibility index (Phi) is 2.45. The van der Waals surface area contributed by atoms with Gasteiger partial charge in [-0.05, 0) is 34.7 Å². The van der Waals surface area contributed by atoms with Crippen LogP contribution >= 0.6 is 45.5 Å². The molecule has 0 atom stereocenters. The summed E-state index contributed by atoms with van der Waals surface area (Å²) in [5.41, 5.74) is 0.761. The zero-order valence-electron chi connectivity index (χ0n) is 6.34. The summed E-state index contributed by atoms with van der Waals surface area (Å²) < 4.78 is 2.10. The molecule has 64 valence electrons. The summed E-state index contributed by atoms with van der Waals surface area (Å²) in [6.07, 6.45) is 0. The van der Waals surface area contributed by atoms with E-state index in [9.17, 15) is 0 Å². The van der Waals surface area contributed by atoms with E-state index in [-0.39, 0.29) is 0 Å². The van der Waals surface area contributed by atoms with E-state index in [0.717, 1.165) is 23.6 Å². The highest BCUT2D eigenvalue weighted by Gasteiger charge is 2.08. The molecule has 0 fully saturated rings. The van der Waals surface area contributed by atoms with Gasteiger partial charge in [0.25, 0.3) is 0 Å². The second-order valence-corrected chi connectivity index (χ2v) is 5.80. The second kappa shape index (κ2) is 3.45. The predicted molar refractivity (Wildman–Crippen MR) is 64.3 cm³/mol. The normalized spacial score (nSPS) is 10.2. The fraction of sp³-hybridized carbons (Fsp3) is 0. The molecule has 0 N–H and O–H groups in total. The number of nitrogens with zero attached hydrogens (tertiary/aromatic N) is 1. The minimum atomic E-state index is 0.717. The molecule has 4 heteroatoms. The van der Waals surface area contributed by atoms with Crippen LogP contribution in [0.4, 0.5) is 0 Å². The molecule has 2 rings (SSSR count). The maximum absolute atomic E-state index is 8.89. The van der Waals surface area contributed by atoms with Gasteiger partial charge >= 0.3 is 0 Å². The molecule has 0 amide bonds. The van der Waals surface area contributed by atoms with Gasteiger partial charge in [-0.1, -0.05) is 17.7 Å². The first kappa shape index (κ1) is 9.25. The van der Waals surface area contributed by atoms with E-state index >= 15 is 0 Å². The molecule has 1 nitrogen and oxygen atoms in total. The molecule has 0 saturated carbocycles. The summed E-state index contributed by atoms with van der Waals surface area (Å²) in [4.78, 5) is 0. The molecule has 0 aliphatic heterocycles. The standard InChI is InChI=1S/C9H3ClINS/c10-5-1-2-6-7(4-12)9(11)13-8(6)3-5/h1-3H. The number of hydrogen-bond donors (Lipinski definition) is 0. The summed E-state index contributed by atoms with van der Waals surface area (Å²) in [5, 5.41) is 10.6. The van der Waals surface area contributed by atoms with Crippen molar-refractivity contribution in [3.05, 3.63) is 31.7 Å². The predicted octanol–water partition coefficient (Wildman–Crippen LogP) is 4.03. The molecule has 0 spiro atoms. The van der Waals surface area contributed by atoms with Gasteiger partial charge in [-0.25, -0.2) is 0 Å². The van der Waals surface area contributed by atoms with Crippen molar-refractivity contribution in [2.45, 2.75) is 0 Å². The Balaban J connectivity index is 2.88. The fourth-order valence-corrected chi connectivity index (χ4v) is 3.42. The third-order valence-corrected chi connectivity index (χ3v) is 4.10. The van der Waals surface area contributed by atoms with Crippen LogP contribution in [0.15, 0.2) is 18.2 Å². The van der Waals surface area contributed by atoms with Crippen molar-refractivity contribution in [3.63, 3.8) is 0 Å². The molecule has 0 radical (unpaired) electrons. The topological polar surface area (TPSA) is 23.8 Å². The van der Waals surface area contributed by atoms with Crippen LogP contribution in [0.1, 0.15) is 5.56 Å². The summed E-state index contributed by atoms with van der Waals surface area (Å²) in [5.74, 6) is 0. The van der Waals surface area contributed by atoms with E-state index in [1.807, 2.05) is 18.2 Å². The molecule has 0 aliphatic rings. The van der Waals surface area contributed by atoms with Gasteiger partial charge < -0.3 is 0 Å². The van der Waals surface area contributed by atoms with Gasteiger partial charge in [0.05, 0.1) is 8.45 Å². The Labute approximate surface area is 98.1 Å². The summed E-state index contributed by atoms with van der Waals surface area (Å²) in [7, 11) is 0. The number of rotatable bonds is 0. The number of fused-ring (bicyclic) bond motifs is 1. The third-order valence-electron chi connectivity index (χ3n) is 1.72. The maximum Gasteiger partial charge on any atom is 0.102 e. The van der Waals surface area contributed by atoms with Gasteiger partial charge in [-0.3, -0.25) is 0 Å². The van der Waals surface area contributed by atoms with Crippen LogP contribution in [-0.2, 0) is 0 Å². The van der Waals surface area contributed by atoms with Gasteiger partial charge in [-0.15, -0.1) is 11.3 Å². The Hall–Kier alpha value is -0.310. The average Bonchev–Trinajstić information content (AvgIpc) is 2.39. The molecule has 0 aliphatic carbocycles. The number of benzene rings is 1. The van der Waals surface area contributed by atoms with Crippen molar-refractivity contribution in [2.75, 3.05) is 0 Å². The summed E-state index contributed by atoms with van der Waals surface area (Å²) in [6, 6.07) is 7.80. The summed E-state index contributed by atoms with van der Waals surface area (Å²) >= 11 is 9.62. The zero-order chi connectivity index (χ0) is 9.42. The largest absolute Gasteiger partial charge is 0.192 e. The van der Waals surface area contributed by atoms with Crippen LogP contribution in [0.5, 0.6) is 0 Å². The van der Waals surface area contributed by atoms with Crippen molar-refractivity contribution in [1.82, 2.24) is 0 Å². The number of nitriles is 1. The van der Waals surface area contributed by atoms with Crippen LogP contribution in [0.2, 0.25) is 5.02 Å². The Bertz CT molecular complexity index is 512. The molecular weight excluding hydrogens is 317 g/mol. The Morgan fingerprint density at radius 1 is 1.46 bits per heavy atom. The highest BCUT2D eigenvalue weighted by Crippen LogP contribution is 2.33. The molecule has 0 saturated heterocycles. The van der Waals surface area contributed by atoms with Crippen LogP contribution in [0.3, 0.4) is 0 Å². The zero-order valence-corrected chi connectivity index (χ0v) is 10.1. The van der Waals surface area contributed by atoms with E-state index in [0.29, 0.717) is 0 Å². The van der Waals surface area contributed by atoms with E-state index in [1.54, 1.807) is 11.3 Å². The SMILES string of the molecule is N#Cc1c(I)sc2cc(Cl)ccc12. The lowest BCUT2D eigenvalue weighted by Crippen LogP contribution is -1.71. The van der Waals surface area contributed by atoms with Gasteiger partial charge in [-0.2, -0.15) is 5.26 Å². The third kappa shape index (κ3) is 1.54. The fourth-order valence-electron chi connectivity index (χ4n) is 1.14. The Morgan fingerprint density at radius 3 is 2.92 bits per heavy atom. The van der Waals surface area contributed by atoms with Crippen molar-refractivity contribution in [3.8, 4) is 6.07 Å². The highest BCUT2D eigenvalue weighted by atomic mass is 127. The number of halogens is 2. The van der Waals surface area contributed by atoms with Crippen LogP contribution in [0.25, 0.3) is 10.1 Å². The van der Waals surface area contributed by atoms with Crippen molar-refractivity contribution in [1.29, 1.82) is 5.26 Å². The molecule has 2 aromatic rings. The van der Waals surface area contributed by atoms with Gasteiger partial charge in [0, 0.05) is 15.1 Å². The molecule has 0 bridgehead atoms. The number of thiophene rings is 1. The second-order valence-electron chi connectivity index (χ2n) is 2.50. The quantitative estimate of drug-likeness (QED) is 0.673. The van der Waals surface area contributed by atoms with Crippen molar-refractivity contribution < 1.29 is 0 Å². The maximum atomic E-state index is 8.89. The van der Waals surface area contributed by atoms with Gasteiger partial charge in [0.15, 0.2) is 0 Å². The van der Waals surface area contributed by atoms with Crippen LogP contribution in [-0.4, -0.2) is 0 Å². The van der Waals surface area contributed by atoms with E-state index in [4.69, 9.17) is 16.9 Å². The molecule has 1 aromatic carbocycles. The van der Waals surface area contributed by atoms with E-state index < -0.39 is 0 Å². The highest BCUT2D eigenvalue weighted by molar-refractivity contribution is 14.1. The first-order valence-corrected chi connectivity index (χ1v) is 5.77. The first-order valence-electron chi connectivity index (χ1n) is 3.50. The number of hydrogen-bond acceptors (Lipinski definition) is 2.